The van der Waals surface area contributed by atoms with Crippen molar-refractivity contribution in [2.24, 2.45) is 0 Å². The van der Waals surface area contributed by atoms with E-state index in [4.69, 9.17) is 43.0 Å². The molecule has 0 amide bonds. The fourth-order valence-electron chi connectivity index (χ4n) is 15.1. The molecule has 19 aromatic rings. The molecule has 0 fully saturated rings. The molecule has 0 aliphatic heterocycles. The number of nitriles is 2. The molecule has 0 N–H and O–H groups in total. The van der Waals surface area contributed by atoms with Crippen molar-refractivity contribution in [2.75, 3.05) is 0 Å². The first-order valence-electron chi connectivity index (χ1n) is 36.5. The van der Waals surface area contributed by atoms with Gasteiger partial charge in [0.2, 0.25) is 0 Å². The Morgan fingerprint density at radius 3 is 0.723 bits per heavy atom. The summed E-state index contributed by atoms with van der Waals surface area (Å²) in [5.74, 6) is 3.11. The van der Waals surface area contributed by atoms with Gasteiger partial charge in [0, 0.05) is 66.3 Å². The predicted molar refractivity (Wildman–Crippen MR) is 449 cm³/mol. The maximum Gasteiger partial charge on any atom is 0.187 e. The maximum atomic E-state index is 9.82. The van der Waals surface area contributed by atoms with E-state index in [0.717, 1.165) is 155 Å². The van der Waals surface area contributed by atoms with Crippen LogP contribution in [0.1, 0.15) is 11.1 Å². The SMILES string of the molecule is [C-]#[N+]c1ccc(-c2ccc3c(c2)c2cc(-c4ccc([N+]#[C-])cc4)ccc2n3-c2cc(-c3cccc(-c4cc(-c5nc(-c6ccccc6)nc(-c6ccccc6)n5)cc(-n5c6ccc(-c7ccc(C#N)cc7)cc6c6cc(-c7ccc(C#N)cc7)ccc65)c4)c3)cc(-c3nc(-c4ccccc4)nc(-c4ccccc4)n3)c2)cc1. The highest BCUT2D eigenvalue weighted by atomic mass is 15.1. The van der Waals surface area contributed by atoms with Crippen LogP contribution in [0.25, 0.3) is 200 Å². The summed E-state index contributed by atoms with van der Waals surface area (Å²) in [6.07, 6.45) is 0. The molecule has 0 bridgehead atoms. The Kier molecular flexibility index (Phi) is 16.8. The average molecular weight is 1430 g/mol. The third kappa shape index (κ3) is 12.6. The van der Waals surface area contributed by atoms with Crippen LogP contribution in [0.5, 0.6) is 0 Å². The molecular weight excluding hydrogens is 1370 g/mol. The van der Waals surface area contributed by atoms with Gasteiger partial charge in [-0.05, 0) is 182 Å². The van der Waals surface area contributed by atoms with Crippen LogP contribution >= 0.6 is 0 Å². The Bertz CT molecular complexity index is 6340. The van der Waals surface area contributed by atoms with E-state index in [1.807, 2.05) is 218 Å². The molecule has 112 heavy (non-hydrogen) atoms. The minimum atomic E-state index is 0.486. The molecule has 15 aromatic carbocycles. The topological polar surface area (TPSA) is 144 Å². The van der Waals surface area contributed by atoms with Gasteiger partial charge in [-0.1, -0.05) is 237 Å². The highest BCUT2D eigenvalue weighted by Gasteiger charge is 2.23. The Morgan fingerprint density at radius 1 is 0.214 bits per heavy atom. The van der Waals surface area contributed by atoms with E-state index < -0.39 is 0 Å². The van der Waals surface area contributed by atoms with Crippen LogP contribution in [0.2, 0.25) is 0 Å². The van der Waals surface area contributed by atoms with Crippen LogP contribution < -0.4 is 0 Å². The zero-order valence-corrected chi connectivity index (χ0v) is 59.9. The lowest BCUT2D eigenvalue weighted by molar-refractivity contribution is 1.07. The zero-order chi connectivity index (χ0) is 75.2. The second kappa shape index (κ2) is 28.3. The fraction of sp³-hybridized carbons (Fsp3) is 0. The van der Waals surface area contributed by atoms with Gasteiger partial charge in [-0.25, -0.2) is 39.6 Å². The van der Waals surface area contributed by atoms with Crippen molar-refractivity contribution < 1.29 is 0 Å². The molecule has 19 rings (SSSR count). The number of fused-ring (bicyclic) bond motifs is 6. The van der Waals surface area contributed by atoms with Crippen molar-refractivity contribution in [3.8, 4) is 159 Å². The lowest BCUT2D eigenvalue weighted by Gasteiger charge is -2.16. The van der Waals surface area contributed by atoms with Gasteiger partial charge in [0.15, 0.2) is 46.3 Å². The summed E-state index contributed by atoms with van der Waals surface area (Å²) in [5.41, 5.74) is 24.4. The molecule has 4 heterocycles. The second-order valence-electron chi connectivity index (χ2n) is 27.5. The summed E-state index contributed by atoms with van der Waals surface area (Å²) in [5, 5.41) is 23.7. The monoisotopic (exact) mass is 1430 g/mol. The molecule has 0 saturated carbocycles. The summed E-state index contributed by atoms with van der Waals surface area (Å²) < 4.78 is 4.66. The first-order chi connectivity index (χ1) is 55.2. The van der Waals surface area contributed by atoms with E-state index in [2.05, 4.69) is 164 Å². The quantitative estimate of drug-likeness (QED) is 0.0979. The molecule has 4 aromatic heterocycles. The number of hydrogen-bond donors (Lipinski definition) is 0. The van der Waals surface area contributed by atoms with Crippen molar-refractivity contribution in [3.63, 3.8) is 0 Å². The lowest BCUT2D eigenvalue weighted by atomic mass is 9.95. The van der Waals surface area contributed by atoms with E-state index in [1.54, 1.807) is 0 Å². The molecule has 0 radical (unpaired) electrons. The van der Waals surface area contributed by atoms with Gasteiger partial charge in [0.25, 0.3) is 0 Å². The van der Waals surface area contributed by atoms with Crippen LogP contribution in [0, 0.1) is 35.8 Å². The molecule has 0 saturated heterocycles. The molecule has 0 aliphatic rings. The van der Waals surface area contributed by atoms with Crippen molar-refractivity contribution in [1.82, 2.24) is 39.0 Å². The van der Waals surface area contributed by atoms with Crippen molar-refractivity contribution >= 4 is 55.0 Å². The summed E-state index contributed by atoms with van der Waals surface area (Å²) >= 11 is 0. The molecule has 518 valence electrons. The van der Waals surface area contributed by atoms with Crippen molar-refractivity contribution in [1.29, 1.82) is 10.5 Å². The number of hydrogen-bond acceptors (Lipinski definition) is 8. The summed E-state index contributed by atoms with van der Waals surface area (Å²) in [6.45, 7) is 15.4. The molecular formula is C100H58N12. The largest absolute Gasteiger partial charge is 0.309 e. The normalized spacial score (nSPS) is 11.2. The van der Waals surface area contributed by atoms with E-state index >= 15 is 0 Å². The summed E-state index contributed by atoms with van der Waals surface area (Å²) in [7, 11) is 0. The van der Waals surface area contributed by atoms with E-state index in [-0.39, 0.29) is 0 Å². The van der Waals surface area contributed by atoms with Gasteiger partial charge >= 0.3 is 0 Å². The number of benzene rings is 15. The van der Waals surface area contributed by atoms with Gasteiger partial charge in [-0.3, -0.25) is 0 Å². The minimum absolute atomic E-state index is 0.486. The third-order valence-corrected chi connectivity index (χ3v) is 20.7. The number of aromatic nitrogens is 8. The lowest BCUT2D eigenvalue weighted by Crippen LogP contribution is -2.02. The molecule has 0 atom stereocenters. The third-order valence-electron chi connectivity index (χ3n) is 20.7. The van der Waals surface area contributed by atoms with E-state index in [9.17, 15) is 10.5 Å². The van der Waals surface area contributed by atoms with Crippen LogP contribution in [0.4, 0.5) is 11.4 Å². The smallest absolute Gasteiger partial charge is 0.187 e. The maximum absolute atomic E-state index is 9.82. The first kappa shape index (κ1) is 66.6. The van der Waals surface area contributed by atoms with Crippen molar-refractivity contribution in [2.45, 2.75) is 0 Å². The predicted octanol–water partition coefficient (Wildman–Crippen LogP) is 25.1. The highest BCUT2D eigenvalue weighted by Crippen LogP contribution is 2.44. The van der Waals surface area contributed by atoms with Gasteiger partial charge in [0.05, 0.1) is 58.5 Å². The molecule has 12 nitrogen and oxygen atoms in total. The Hall–Kier alpha value is -16.1. The van der Waals surface area contributed by atoms with Crippen LogP contribution in [0.15, 0.2) is 352 Å². The highest BCUT2D eigenvalue weighted by molar-refractivity contribution is 6.13. The van der Waals surface area contributed by atoms with Crippen LogP contribution in [-0.2, 0) is 0 Å². The van der Waals surface area contributed by atoms with E-state index in [1.165, 1.54) is 0 Å². The Balaban J connectivity index is 0.848. The van der Waals surface area contributed by atoms with Gasteiger partial charge in [0.1, 0.15) is 0 Å². The average Bonchev–Trinajstić information content (AvgIpc) is 1.58. The van der Waals surface area contributed by atoms with Crippen LogP contribution in [-0.4, -0.2) is 39.0 Å². The van der Waals surface area contributed by atoms with Crippen LogP contribution in [0.3, 0.4) is 0 Å². The van der Waals surface area contributed by atoms with E-state index in [0.29, 0.717) is 57.4 Å². The van der Waals surface area contributed by atoms with Gasteiger partial charge in [-0.15, -0.1) is 0 Å². The van der Waals surface area contributed by atoms with Gasteiger partial charge < -0.3 is 9.13 Å². The van der Waals surface area contributed by atoms with Crippen molar-refractivity contribution in [3.05, 3.63) is 386 Å². The number of nitrogens with zero attached hydrogens (tertiary/aromatic N) is 12. The summed E-state index contributed by atoms with van der Waals surface area (Å²) in [6, 6.07) is 124. The standard InChI is InChI=1S/C100H58N12/c1-103-83-42-34-67(35-43-83)77-40-48-93-89(59-77)90-60-78(68-36-44-84(104-2)45-37-68)41-49-94(90)112(93)86-54-80(52-82(56-86)100-109-97(71-20-11-5-12-21-71)106-98(110-100)72-22-13-6-14-23-72)74-25-15-24-73(50-74)79-51-81(99-107-95(69-16-7-3-8-17-69)105-96(108-99)70-18-9-4-10-19-70)55-85(53-79)111-91-46-38-75(65-30-26-63(61-101)27-31-65)57-87(91)88-58-76(39-47-92(88)111)66-32-28-64(62-102)29-33-66/h3-60H. The number of rotatable bonds is 14. The Labute approximate surface area is 645 Å². The second-order valence-corrected chi connectivity index (χ2v) is 27.5. The first-order valence-corrected chi connectivity index (χ1v) is 36.5. The summed E-state index contributed by atoms with van der Waals surface area (Å²) in [4.78, 5) is 39.2. The Morgan fingerprint density at radius 2 is 0.446 bits per heavy atom. The molecule has 0 aliphatic carbocycles. The fourth-order valence-corrected chi connectivity index (χ4v) is 15.1. The molecule has 0 spiro atoms. The molecule has 0 unspecified atom stereocenters. The molecule has 12 heteroatoms. The van der Waals surface area contributed by atoms with Gasteiger partial charge in [-0.2, -0.15) is 10.5 Å². The minimum Gasteiger partial charge on any atom is -0.309 e. The zero-order valence-electron chi connectivity index (χ0n) is 59.9.